The highest BCUT2D eigenvalue weighted by Crippen LogP contribution is 2.10. The van der Waals surface area contributed by atoms with Crippen molar-refractivity contribution >= 4 is 29.0 Å². The number of hydrogen-bond donors (Lipinski definition) is 3. The third-order valence-corrected chi connectivity index (χ3v) is 3.73. The lowest BCUT2D eigenvalue weighted by atomic mass is 10.2. The lowest BCUT2D eigenvalue weighted by molar-refractivity contribution is -0.120. The highest BCUT2D eigenvalue weighted by molar-refractivity contribution is 7.11. The Balaban J connectivity index is 1.70. The Hall–Kier alpha value is -2.41. The van der Waals surface area contributed by atoms with Crippen molar-refractivity contribution in [1.29, 1.82) is 0 Å². The van der Waals surface area contributed by atoms with Crippen molar-refractivity contribution in [3.8, 4) is 0 Å². The van der Waals surface area contributed by atoms with E-state index in [2.05, 4.69) is 20.9 Å². The summed E-state index contributed by atoms with van der Waals surface area (Å²) in [6.07, 6.45) is 1.73. The zero-order valence-corrected chi connectivity index (χ0v) is 13.3. The number of nitrogens with one attached hydrogen (secondary N) is 3. The van der Waals surface area contributed by atoms with Crippen LogP contribution in [0.2, 0.25) is 0 Å². The van der Waals surface area contributed by atoms with Crippen LogP contribution in [0, 0.1) is 13.8 Å². The number of rotatable bonds is 5. The number of nitrogens with zero attached hydrogens (tertiary/aromatic N) is 1. The van der Waals surface area contributed by atoms with Crippen molar-refractivity contribution in [2.75, 3.05) is 11.9 Å². The molecule has 0 unspecified atom stereocenters. The van der Waals surface area contributed by atoms with Gasteiger partial charge < -0.3 is 16.0 Å². The molecule has 0 bridgehead atoms. The van der Waals surface area contributed by atoms with Gasteiger partial charge in [-0.15, -0.1) is 11.3 Å². The summed E-state index contributed by atoms with van der Waals surface area (Å²) in [7, 11) is 0. The number of benzene rings is 1. The summed E-state index contributed by atoms with van der Waals surface area (Å²) in [5, 5.41) is 8.88. The second kappa shape index (κ2) is 7.56. The van der Waals surface area contributed by atoms with Gasteiger partial charge in [0.25, 0.3) is 0 Å². The fourth-order valence-electron chi connectivity index (χ4n) is 1.79. The summed E-state index contributed by atoms with van der Waals surface area (Å²) in [6.45, 7) is 4.20. The van der Waals surface area contributed by atoms with Crippen LogP contribution >= 0.6 is 11.3 Å². The molecular formula is C15H18N4O2S. The molecule has 3 N–H and O–H groups in total. The highest BCUT2D eigenvalue weighted by Gasteiger charge is 2.06. The number of carbonyl (C=O) groups excluding carboxylic acids is 2. The molecule has 0 aliphatic rings. The quantitative estimate of drug-likeness (QED) is 0.790. The van der Waals surface area contributed by atoms with Crippen molar-refractivity contribution in [1.82, 2.24) is 15.6 Å². The molecule has 7 heteroatoms. The van der Waals surface area contributed by atoms with E-state index in [1.54, 1.807) is 12.3 Å². The Morgan fingerprint density at radius 3 is 2.73 bits per heavy atom. The molecule has 2 aromatic rings. The molecule has 2 rings (SSSR count). The molecule has 22 heavy (non-hydrogen) atoms. The first-order valence-corrected chi connectivity index (χ1v) is 7.64. The van der Waals surface area contributed by atoms with Gasteiger partial charge in [-0.25, -0.2) is 9.78 Å². The minimum Gasteiger partial charge on any atom is -0.350 e. The van der Waals surface area contributed by atoms with E-state index in [-0.39, 0.29) is 12.5 Å². The summed E-state index contributed by atoms with van der Waals surface area (Å²) in [5.41, 5.74) is 1.74. The second-order valence-corrected chi connectivity index (χ2v) is 6.12. The Kier molecular flexibility index (Phi) is 5.48. The Morgan fingerprint density at radius 1 is 1.23 bits per heavy atom. The molecule has 1 aromatic heterocycles. The maximum atomic E-state index is 11.7. The van der Waals surface area contributed by atoms with Crippen LogP contribution in [0.1, 0.15) is 15.4 Å². The molecule has 0 atom stereocenters. The molecule has 0 radical (unpaired) electrons. The normalized spacial score (nSPS) is 10.1. The van der Waals surface area contributed by atoms with E-state index < -0.39 is 6.03 Å². The first-order chi connectivity index (χ1) is 10.5. The van der Waals surface area contributed by atoms with Crippen LogP contribution in [-0.2, 0) is 11.3 Å². The molecule has 1 heterocycles. The van der Waals surface area contributed by atoms with Crippen LogP contribution in [0.15, 0.2) is 30.5 Å². The number of aryl methyl sites for hydroxylation is 2. The van der Waals surface area contributed by atoms with Crippen molar-refractivity contribution in [3.05, 3.63) is 45.9 Å². The highest BCUT2D eigenvalue weighted by atomic mass is 32.1. The number of hydrogen-bond acceptors (Lipinski definition) is 4. The van der Waals surface area contributed by atoms with E-state index in [0.29, 0.717) is 12.2 Å². The van der Waals surface area contributed by atoms with Gasteiger partial charge in [-0.05, 0) is 31.5 Å². The van der Waals surface area contributed by atoms with Gasteiger partial charge in [0.1, 0.15) is 0 Å². The van der Waals surface area contributed by atoms with Gasteiger partial charge in [-0.2, -0.15) is 0 Å². The fourth-order valence-corrected chi connectivity index (χ4v) is 2.53. The number of carbonyl (C=O) groups is 2. The number of amides is 3. The first kappa shape index (κ1) is 16.0. The molecule has 0 aliphatic carbocycles. The third-order valence-electron chi connectivity index (χ3n) is 2.81. The molecule has 116 valence electrons. The van der Waals surface area contributed by atoms with Crippen molar-refractivity contribution < 1.29 is 9.59 Å². The maximum absolute atomic E-state index is 11.7. The predicted octanol–water partition coefficient (Wildman–Crippen LogP) is 2.20. The average molecular weight is 318 g/mol. The zero-order valence-electron chi connectivity index (χ0n) is 12.5. The van der Waals surface area contributed by atoms with Gasteiger partial charge in [-0.1, -0.05) is 12.1 Å². The van der Waals surface area contributed by atoms with Gasteiger partial charge in [0, 0.05) is 16.8 Å². The van der Waals surface area contributed by atoms with Crippen LogP contribution in [0.3, 0.4) is 0 Å². The summed E-state index contributed by atoms with van der Waals surface area (Å²) in [4.78, 5) is 28.5. The van der Waals surface area contributed by atoms with Crippen LogP contribution in [0.4, 0.5) is 10.5 Å². The molecule has 0 spiro atoms. The summed E-state index contributed by atoms with van der Waals surface area (Å²) < 4.78 is 0. The summed E-state index contributed by atoms with van der Waals surface area (Å²) in [6, 6.07) is 7.03. The summed E-state index contributed by atoms with van der Waals surface area (Å²) >= 11 is 1.53. The number of anilines is 1. The van der Waals surface area contributed by atoms with E-state index >= 15 is 0 Å². The smallest absolute Gasteiger partial charge is 0.319 e. The fraction of sp³-hybridized carbons (Fsp3) is 0.267. The van der Waals surface area contributed by atoms with Crippen LogP contribution in [-0.4, -0.2) is 23.5 Å². The molecule has 6 nitrogen and oxygen atoms in total. The van der Waals surface area contributed by atoms with Crippen molar-refractivity contribution in [3.63, 3.8) is 0 Å². The SMILES string of the molecule is Cc1cccc(NC(=O)NCC(=O)NCc2cnc(C)s2)c1. The average Bonchev–Trinajstić information content (AvgIpc) is 2.89. The minimum atomic E-state index is -0.408. The number of thiazole rings is 1. The zero-order chi connectivity index (χ0) is 15.9. The Morgan fingerprint density at radius 2 is 2.05 bits per heavy atom. The van der Waals surface area contributed by atoms with Gasteiger partial charge in [-0.3, -0.25) is 4.79 Å². The van der Waals surface area contributed by atoms with Gasteiger partial charge in [0.15, 0.2) is 0 Å². The topological polar surface area (TPSA) is 83.1 Å². The number of urea groups is 1. The molecule has 0 aliphatic heterocycles. The van der Waals surface area contributed by atoms with Crippen molar-refractivity contribution in [2.24, 2.45) is 0 Å². The van der Waals surface area contributed by atoms with Gasteiger partial charge in [0.2, 0.25) is 5.91 Å². The monoisotopic (exact) mass is 318 g/mol. The lowest BCUT2D eigenvalue weighted by Crippen LogP contribution is -2.38. The van der Waals surface area contributed by atoms with Gasteiger partial charge in [0.05, 0.1) is 18.1 Å². The van der Waals surface area contributed by atoms with E-state index in [9.17, 15) is 9.59 Å². The number of aromatic nitrogens is 1. The van der Waals surface area contributed by atoms with E-state index in [1.165, 1.54) is 11.3 Å². The first-order valence-electron chi connectivity index (χ1n) is 6.82. The second-order valence-electron chi connectivity index (χ2n) is 4.80. The molecule has 0 fully saturated rings. The molecular weight excluding hydrogens is 300 g/mol. The van der Waals surface area contributed by atoms with Gasteiger partial charge >= 0.3 is 6.03 Å². The maximum Gasteiger partial charge on any atom is 0.319 e. The lowest BCUT2D eigenvalue weighted by Gasteiger charge is -2.08. The molecule has 0 saturated heterocycles. The van der Waals surface area contributed by atoms with E-state index in [0.717, 1.165) is 15.4 Å². The van der Waals surface area contributed by atoms with Crippen molar-refractivity contribution in [2.45, 2.75) is 20.4 Å². The molecule has 0 saturated carbocycles. The van der Waals surface area contributed by atoms with Crippen LogP contribution in [0.25, 0.3) is 0 Å². The molecule has 3 amide bonds. The van der Waals surface area contributed by atoms with E-state index in [4.69, 9.17) is 0 Å². The minimum absolute atomic E-state index is 0.0740. The largest absolute Gasteiger partial charge is 0.350 e. The Labute approximate surface area is 133 Å². The van der Waals surface area contributed by atoms with E-state index in [1.807, 2.05) is 32.0 Å². The van der Waals surface area contributed by atoms with Crippen LogP contribution < -0.4 is 16.0 Å². The van der Waals surface area contributed by atoms with Crippen LogP contribution in [0.5, 0.6) is 0 Å². The standard InChI is InChI=1S/C15H18N4O2S/c1-10-4-3-5-12(6-10)19-15(21)18-9-14(20)17-8-13-7-16-11(2)22-13/h3-7H,8-9H2,1-2H3,(H,17,20)(H2,18,19,21). The third kappa shape index (κ3) is 5.17. The Bertz CT molecular complexity index is 669. The summed E-state index contributed by atoms with van der Waals surface area (Å²) in [5.74, 6) is -0.245. The molecule has 1 aromatic carbocycles. The predicted molar refractivity (Wildman–Crippen MR) is 86.9 cm³/mol.